The van der Waals surface area contributed by atoms with Gasteiger partial charge in [0.05, 0.1) is 25.4 Å². The Hall–Kier alpha value is -2.12. The minimum atomic E-state index is -1.30. The van der Waals surface area contributed by atoms with Gasteiger partial charge < -0.3 is 20.3 Å². The molecule has 0 aromatic heterocycles. The number of esters is 1. The Morgan fingerprint density at radius 2 is 1.79 bits per heavy atom. The number of hydrogen-bond donors (Lipinski definition) is 3. The number of amides is 1. The monoisotopic (exact) mass is 275 g/mol. The molecule has 0 aromatic rings. The highest BCUT2D eigenvalue weighted by atomic mass is 16.5. The lowest BCUT2D eigenvalue weighted by atomic mass is 10.1. The van der Waals surface area contributed by atoms with Gasteiger partial charge in [0.15, 0.2) is 0 Å². The van der Waals surface area contributed by atoms with E-state index in [4.69, 9.17) is 10.2 Å². The maximum atomic E-state index is 11.3. The molecule has 3 N–H and O–H groups in total. The fraction of sp³-hybridized carbons (Fsp3) is 0.636. The molecule has 8 nitrogen and oxygen atoms in total. The quantitative estimate of drug-likeness (QED) is 0.489. The summed E-state index contributed by atoms with van der Waals surface area (Å²) in [6, 6.07) is 0. The van der Waals surface area contributed by atoms with E-state index < -0.39 is 36.2 Å². The van der Waals surface area contributed by atoms with Gasteiger partial charge in [0.1, 0.15) is 0 Å². The van der Waals surface area contributed by atoms with Gasteiger partial charge in [-0.15, -0.1) is 0 Å². The van der Waals surface area contributed by atoms with Crippen LogP contribution in [-0.2, 0) is 23.9 Å². The van der Waals surface area contributed by atoms with Crippen molar-refractivity contribution in [2.45, 2.75) is 26.2 Å². The predicted octanol–water partition coefficient (Wildman–Crippen LogP) is -0.379. The van der Waals surface area contributed by atoms with Crippen molar-refractivity contribution >= 4 is 23.8 Å². The summed E-state index contributed by atoms with van der Waals surface area (Å²) in [7, 11) is 0. The lowest BCUT2D eigenvalue weighted by Crippen LogP contribution is -2.34. The van der Waals surface area contributed by atoms with Crippen LogP contribution in [0.3, 0.4) is 0 Å². The van der Waals surface area contributed by atoms with E-state index in [0.717, 1.165) is 0 Å². The van der Waals surface area contributed by atoms with E-state index in [2.05, 4.69) is 10.1 Å². The van der Waals surface area contributed by atoms with Gasteiger partial charge in [-0.2, -0.15) is 0 Å². The van der Waals surface area contributed by atoms with Crippen LogP contribution in [0.4, 0.5) is 0 Å². The van der Waals surface area contributed by atoms with Gasteiger partial charge in [0.25, 0.3) is 0 Å². The van der Waals surface area contributed by atoms with Gasteiger partial charge in [-0.25, -0.2) is 0 Å². The molecular weight excluding hydrogens is 258 g/mol. The molecule has 1 amide bonds. The van der Waals surface area contributed by atoms with Crippen molar-refractivity contribution < 1.29 is 34.1 Å². The van der Waals surface area contributed by atoms with Gasteiger partial charge in [0.2, 0.25) is 5.91 Å². The number of carboxylic acids is 2. The standard InChI is InChI=1S/C11H17NO7/c1-2-19-10(16)4-3-8(13)12-6-7(11(17)18)5-9(14)15/h7H,2-6H2,1H3,(H,12,13)(H,14,15)(H,17,18). The van der Waals surface area contributed by atoms with Crippen LogP contribution >= 0.6 is 0 Å². The number of rotatable bonds is 9. The van der Waals surface area contributed by atoms with Crippen LogP contribution in [0.25, 0.3) is 0 Å². The van der Waals surface area contributed by atoms with Crippen LogP contribution in [0, 0.1) is 5.92 Å². The van der Waals surface area contributed by atoms with Crippen LogP contribution < -0.4 is 5.32 Å². The van der Waals surface area contributed by atoms with Gasteiger partial charge in [0, 0.05) is 13.0 Å². The predicted molar refractivity (Wildman–Crippen MR) is 62.3 cm³/mol. The van der Waals surface area contributed by atoms with Crippen molar-refractivity contribution in [2.75, 3.05) is 13.2 Å². The molecule has 0 fully saturated rings. The zero-order chi connectivity index (χ0) is 14.8. The molecule has 0 radical (unpaired) electrons. The summed E-state index contributed by atoms with van der Waals surface area (Å²) in [5.74, 6) is -4.78. The zero-order valence-corrected chi connectivity index (χ0v) is 10.5. The van der Waals surface area contributed by atoms with Crippen molar-refractivity contribution in [3.63, 3.8) is 0 Å². The van der Waals surface area contributed by atoms with Gasteiger partial charge in [-0.1, -0.05) is 0 Å². The second-order valence-corrected chi connectivity index (χ2v) is 3.74. The number of nitrogens with one attached hydrogen (secondary N) is 1. The number of ether oxygens (including phenoxy) is 1. The number of hydrogen-bond acceptors (Lipinski definition) is 5. The highest BCUT2D eigenvalue weighted by Crippen LogP contribution is 2.02. The molecule has 1 unspecified atom stereocenters. The van der Waals surface area contributed by atoms with E-state index in [1.54, 1.807) is 6.92 Å². The topological polar surface area (TPSA) is 130 Å². The molecule has 8 heteroatoms. The maximum Gasteiger partial charge on any atom is 0.308 e. The first-order valence-electron chi connectivity index (χ1n) is 5.73. The smallest absolute Gasteiger partial charge is 0.308 e. The Balaban J connectivity index is 4.01. The Labute approximate surface area is 109 Å². The average molecular weight is 275 g/mol. The van der Waals surface area contributed by atoms with Gasteiger partial charge in [-0.3, -0.25) is 19.2 Å². The fourth-order valence-electron chi connectivity index (χ4n) is 1.23. The lowest BCUT2D eigenvalue weighted by Gasteiger charge is -2.11. The number of aliphatic carboxylic acids is 2. The largest absolute Gasteiger partial charge is 0.481 e. The van der Waals surface area contributed by atoms with E-state index in [1.807, 2.05) is 0 Å². The van der Waals surface area contributed by atoms with Crippen LogP contribution in [0.5, 0.6) is 0 Å². The third-order valence-corrected chi connectivity index (χ3v) is 2.18. The van der Waals surface area contributed by atoms with E-state index in [-0.39, 0.29) is 26.0 Å². The maximum absolute atomic E-state index is 11.3. The summed E-state index contributed by atoms with van der Waals surface area (Å²) in [4.78, 5) is 43.4. The number of carbonyl (C=O) groups is 4. The summed E-state index contributed by atoms with van der Waals surface area (Å²) in [6.07, 6.45) is -0.803. The lowest BCUT2D eigenvalue weighted by molar-refractivity contribution is -0.148. The van der Waals surface area contributed by atoms with Gasteiger partial charge >= 0.3 is 17.9 Å². The van der Waals surface area contributed by atoms with E-state index in [1.165, 1.54) is 0 Å². The Kier molecular flexibility index (Phi) is 7.90. The highest BCUT2D eigenvalue weighted by Gasteiger charge is 2.21. The summed E-state index contributed by atoms with van der Waals surface area (Å²) in [5, 5.41) is 19.5. The molecule has 0 bridgehead atoms. The average Bonchev–Trinajstić information content (AvgIpc) is 2.31. The molecule has 0 aliphatic rings. The molecular formula is C11H17NO7. The number of carbonyl (C=O) groups excluding carboxylic acids is 2. The molecule has 0 heterocycles. The van der Waals surface area contributed by atoms with Crippen molar-refractivity contribution in [3.05, 3.63) is 0 Å². The van der Waals surface area contributed by atoms with E-state index in [9.17, 15) is 19.2 Å². The van der Waals surface area contributed by atoms with Crippen molar-refractivity contribution in [3.8, 4) is 0 Å². The molecule has 0 saturated carbocycles. The number of carboxylic acid groups (broad SMARTS) is 2. The molecule has 0 spiro atoms. The fourth-order valence-corrected chi connectivity index (χ4v) is 1.23. The second kappa shape index (κ2) is 8.90. The molecule has 0 rings (SSSR count). The Morgan fingerprint density at radius 3 is 2.26 bits per heavy atom. The van der Waals surface area contributed by atoms with Crippen LogP contribution in [0.1, 0.15) is 26.2 Å². The van der Waals surface area contributed by atoms with Crippen molar-refractivity contribution in [1.82, 2.24) is 5.32 Å². The third kappa shape index (κ3) is 8.58. The normalized spacial score (nSPS) is 11.4. The van der Waals surface area contributed by atoms with Crippen LogP contribution in [0.15, 0.2) is 0 Å². The first-order chi connectivity index (χ1) is 8.86. The minimum absolute atomic E-state index is 0.101. The molecule has 108 valence electrons. The molecule has 0 aliphatic heterocycles. The first kappa shape index (κ1) is 16.9. The summed E-state index contributed by atoms with van der Waals surface area (Å²) in [5.41, 5.74) is 0. The summed E-state index contributed by atoms with van der Waals surface area (Å²) >= 11 is 0. The second-order valence-electron chi connectivity index (χ2n) is 3.74. The van der Waals surface area contributed by atoms with Crippen molar-refractivity contribution in [1.29, 1.82) is 0 Å². The molecule has 0 aliphatic carbocycles. The van der Waals surface area contributed by atoms with Crippen LogP contribution in [0.2, 0.25) is 0 Å². The molecule has 1 atom stereocenters. The van der Waals surface area contributed by atoms with E-state index in [0.29, 0.717) is 0 Å². The van der Waals surface area contributed by atoms with Gasteiger partial charge in [-0.05, 0) is 6.92 Å². The SMILES string of the molecule is CCOC(=O)CCC(=O)NCC(CC(=O)O)C(=O)O. The summed E-state index contributed by atoms with van der Waals surface area (Å²) < 4.78 is 4.62. The zero-order valence-electron chi connectivity index (χ0n) is 10.5. The van der Waals surface area contributed by atoms with Crippen molar-refractivity contribution in [2.24, 2.45) is 5.92 Å². The Morgan fingerprint density at radius 1 is 1.16 bits per heavy atom. The summed E-state index contributed by atoms with van der Waals surface area (Å²) in [6.45, 7) is 1.57. The third-order valence-electron chi connectivity index (χ3n) is 2.18. The first-order valence-corrected chi connectivity index (χ1v) is 5.73. The Bertz CT molecular complexity index is 353. The molecule has 0 aromatic carbocycles. The van der Waals surface area contributed by atoms with Crippen LogP contribution in [-0.4, -0.2) is 47.2 Å². The highest BCUT2D eigenvalue weighted by molar-refractivity contribution is 5.82. The molecule has 19 heavy (non-hydrogen) atoms. The van der Waals surface area contributed by atoms with E-state index >= 15 is 0 Å². The minimum Gasteiger partial charge on any atom is -0.481 e. The molecule has 0 saturated heterocycles.